The van der Waals surface area contributed by atoms with E-state index in [2.05, 4.69) is 11.1 Å². The van der Waals surface area contributed by atoms with Gasteiger partial charge in [0.05, 0.1) is 0 Å². The third-order valence-corrected chi connectivity index (χ3v) is 4.96. The summed E-state index contributed by atoms with van der Waals surface area (Å²) in [5.74, 6) is 0.365. The van der Waals surface area contributed by atoms with Crippen molar-refractivity contribution in [1.29, 1.82) is 0 Å². The lowest BCUT2D eigenvalue weighted by molar-refractivity contribution is -0.137. The maximum absolute atomic E-state index is 13.3. The number of H-pyrrole nitrogens is 1. The molecule has 22 heavy (non-hydrogen) atoms. The average molecular weight is 298 g/mol. The molecule has 1 aromatic heterocycles. The molecular formula is C18H19FN2O. The molecule has 2 aromatic rings. The molecule has 1 N–H and O–H groups in total. The molecule has 4 heteroatoms. The zero-order chi connectivity index (χ0) is 15.1. The van der Waals surface area contributed by atoms with Crippen molar-refractivity contribution in [3.05, 3.63) is 41.9 Å². The molecule has 1 aliphatic heterocycles. The lowest BCUT2D eigenvalue weighted by Gasteiger charge is -2.33. The van der Waals surface area contributed by atoms with E-state index in [0.717, 1.165) is 42.3 Å². The van der Waals surface area contributed by atoms with E-state index in [-0.39, 0.29) is 11.7 Å². The maximum atomic E-state index is 13.3. The first kappa shape index (κ1) is 13.6. The highest BCUT2D eigenvalue weighted by atomic mass is 19.1. The van der Waals surface area contributed by atoms with Crippen molar-refractivity contribution >= 4 is 22.4 Å². The molecule has 4 rings (SSSR count). The minimum atomic E-state index is -0.226. The van der Waals surface area contributed by atoms with Crippen LogP contribution in [-0.2, 0) is 4.79 Å². The summed E-state index contributed by atoms with van der Waals surface area (Å²) in [5.41, 5.74) is 3.20. The van der Waals surface area contributed by atoms with Crippen molar-refractivity contribution in [3.63, 3.8) is 0 Å². The Labute approximate surface area is 128 Å². The number of nitrogens with one attached hydrogen (secondary N) is 1. The van der Waals surface area contributed by atoms with Crippen molar-refractivity contribution in [3.8, 4) is 0 Å². The Morgan fingerprint density at radius 3 is 2.86 bits per heavy atom. The van der Waals surface area contributed by atoms with Crippen LogP contribution in [0, 0.1) is 11.7 Å². The second kappa shape index (κ2) is 5.27. The number of nitrogens with zero attached hydrogens (tertiary/aromatic N) is 1. The highest BCUT2D eigenvalue weighted by molar-refractivity contribution is 5.93. The van der Waals surface area contributed by atoms with E-state index in [1.54, 1.807) is 0 Å². The molecule has 1 aliphatic carbocycles. The summed E-state index contributed by atoms with van der Waals surface area (Å²) in [4.78, 5) is 17.4. The molecule has 2 aliphatic rings. The number of aromatic amines is 1. The third-order valence-electron chi connectivity index (χ3n) is 4.96. The number of fused-ring (bicyclic) bond motifs is 1. The number of amides is 1. The van der Waals surface area contributed by atoms with Gasteiger partial charge in [0.1, 0.15) is 5.82 Å². The van der Waals surface area contributed by atoms with Crippen LogP contribution in [0.1, 0.15) is 31.2 Å². The maximum Gasteiger partial charge on any atom is 0.225 e. The standard InChI is InChI=1S/C18H19FN2O/c19-14-4-5-15-16(11-20-17(15)10-14)12-6-8-21(9-7-12)18(22)13-2-1-3-13/h4-6,10-11,13,20H,1-3,7-9H2. The van der Waals surface area contributed by atoms with Gasteiger partial charge in [-0.2, -0.15) is 0 Å². The lowest BCUT2D eigenvalue weighted by atomic mass is 9.84. The molecule has 0 bridgehead atoms. The van der Waals surface area contributed by atoms with Crippen LogP contribution in [-0.4, -0.2) is 28.9 Å². The number of halogens is 1. The van der Waals surface area contributed by atoms with Gasteiger partial charge in [0.15, 0.2) is 0 Å². The summed E-state index contributed by atoms with van der Waals surface area (Å²) in [5, 5.41) is 1.05. The molecule has 0 saturated heterocycles. The summed E-state index contributed by atoms with van der Waals surface area (Å²) in [7, 11) is 0. The van der Waals surface area contributed by atoms with Gasteiger partial charge in [0.25, 0.3) is 0 Å². The Kier molecular flexibility index (Phi) is 3.25. The predicted molar refractivity (Wildman–Crippen MR) is 84.8 cm³/mol. The smallest absolute Gasteiger partial charge is 0.225 e. The Balaban J connectivity index is 1.56. The summed E-state index contributed by atoms with van der Waals surface area (Å²) in [6.45, 7) is 1.48. The Bertz CT molecular complexity index is 758. The van der Waals surface area contributed by atoms with Crippen molar-refractivity contribution in [2.24, 2.45) is 5.92 Å². The van der Waals surface area contributed by atoms with Gasteiger partial charge in [-0.05, 0) is 43.0 Å². The van der Waals surface area contributed by atoms with Crippen LogP contribution >= 0.6 is 0 Å². The topological polar surface area (TPSA) is 36.1 Å². The molecule has 1 amide bonds. The molecule has 2 heterocycles. The lowest BCUT2D eigenvalue weighted by Crippen LogP contribution is -2.41. The average Bonchev–Trinajstić information content (AvgIpc) is 2.88. The molecule has 1 saturated carbocycles. The van der Waals surface area contributed by atoms with Gasteiger partial charge in [0, 0.05) is 41.7 Å². The van der Waals surface area contributed by atoms with Crippen LogP contribution < -0.4 is 0 Å². The van der Waals surface area contributed by atoms with Crippen molar-refractivity contribution < 1.29 is 9.18 Å². The van der Waals surface area contributed by atoms with Crippen LogP contribution in [0.4, 0.5) is 4.39 Å². The molecule has 0 unspecified atom stereocenters. The van der Waals surface area contributed by atoms with E-state index in [9.17, 15) is 9.18 Å². The molecule has 0 radical (unpaired) electrons. The number of aromatic nitrogens is 1. The van der Waals surface area contributed by atoms with Crippen LogP contribution in [0.3, 0.4) is 0 Å². The summed E-state index contributed by atoms with van der Waals surface area (Å²) in [6.07, 6.45) is 8.26. The van der Waals surface area contributed by atoms with E-state index in [0.29, 0.717) is 12.5 Å². The first-order valence-corrected chi connectivity index (χ1v) is 7.97. The zero-order valence-electron chi connectivity index (χ0n) is 12.4. The molecule has 1 aromatic carbocycles. The minimum Gasteiger partial charge on any atom is -0.360 e. The fourth-order valence-electron chi connectivity index (χ4n) is 3.39. The van der Waals surface area contributed by atoms with E-state index >= 15 is 0 Å². The number of hydrogen-bond acceptors (Lipinski definition) is 1. The van der Waals surface area contributed by atoms with E-state index < -0.39 is 0 Å². The van der Waals surface area contributed by atoms with E-state index in [1.165, 1.54) is 24.1 Å². The van der Waals surface area contributed by atoms with Crippen molar-refractivity contribution in [1.82, 2.24) is 9.88 Å². The predicted octanol–water partition coefficient (Wildman–Crippen LogP) is 3.72. The zero-order valence-corrected chi connectivity index (χ0v) is 12.4. The van der Waals surface area contributed by atoms with Crippen LogP contribution in [0.25, 0.3) is 16.5 Å². The van der Waals surface area contributed by atoms with Gasteiger partial charge >= 0.3 is 0 Å². The van der Waals surface area contributed by atoms with Gasteiger partial charge in [-0.25, -0.2) is 4.39 Å². The normalized spacial score (nSPS) is 19.1. The first-order valence-electron chi connectivity index (χ1n) is 7.97. The minimum absolute atomic E-state index is 0.226. The second-order valence-corrected chi connectivity index (χ2v) is 6.28. The molecule has 0 spiro atoms. The van der Waals surface area contributed by atoms with Crippen LogP contribution in [0.2, 0.25) is 0 Å². The highest BCUT2D eigenvalue weighted by Gasteiger charge is 2.30. The van der Waals surface area contributed by atoms with Gasteiger partial charge < -0.3 is 9.88 Å². The van der Waals surface area contributed by atoms with E-state index in [4.69, 9.17) is 0 Å². The number of benzene rings is 1. The monoisotopic (exact) mass is 298 g/mol. The number of hydrogen-bond donors (Lipinski definition) is 1. The Morgan fingerprint density at radius 1 is 1.32 bits per heavy atom. The van der Waals surface area contributed by atoms with Crippen LogP contribution in [0.5, 0.6) is 0 Å². The molecule has 3 nitrogen and oxygen atoms in total. The largest absolute Gasteiger partial charge is 0.360 e. The van der Waals surface area contributed by atoms with Crippen LogP contribution in [0.15, 0.2) is 30.5 Å². The number of carbonyl (C=O) groups is 1. The quantitative estimate of drug-likeness (QED) is 0.901. The Morgan fingerprint density at radius 2 is 2.18 bits per heavy atom. The summed E-state index contributed by atoms with van der Waals surface area (Å²) in [6, 6.07) is 4.84. The fourth-order valence-corrected chi connectivity index (χ4v) is 3.39. The van der Waals surface area contributed by atoms with Crippen molar-refractivity contribution in [2.45, 2.75) is 25.7 Å². The van der Waals surface area contributed by atoms with E-state index in [1.807, 2.05) is 17.2 Å². The summed E-state index contributed by atoms with van der Waals surface area (Å²) >= 11 is 0. The molecule has 0 atom stereocenters. The van der Waals surface area contributed by atoms with Gasteiger partial charge in [-0.15, -0.1) is 0 Å². The van der Waals surface area contributed by atoms with Gasteiger partial charge in [0.2, 0.25) is 5.91 Å². The highest BCUT2D eigenvalue weighted by Crippen LogP contribution is 2.32. The molecule has 1 fully saturated rings. The SMILES string of the molecule is O=C(C1CCC1)N1CC=C(c2c[nH]c3cc(F)ccc23)CC1. The number of rotatable bonds is 2. The van der Waals surface area contributed by atoms with Gasteiger partial charge in [-0.3, -0.25) is 4.79 Å². The second-order valence-electron chi connectivity index (χ2n) is 6.28. The Hall–Kier alpha value is -2.10. The molecular weight excluding hydrogens is 279 g/mol. The fraction of sp³-hybridized carbons (Fsp3) is 0.389. The summed E-state index contributed by atoms with van der Waals surface area (Å²) < 4.78 is 13.3. The van der Waals surface area contributed by atoms with Crippen molar-refractivity contribution in [2.75, 3.05) is 13.1 Å². The van der Waals surface area contributed by atoms with Gasteiger partial charge in [-0.1, -0.05) is 12.5 Å². The third kappa shape index (κ3) is 2.23. The molecule has 114 valence electrons. The first-order chi connectivity index (χ1) is 10.7. The number of carbonyl (C=O) groups excluding carboxylic acids is 1.